The van der Waals surface area contributed by atoms with Crippen molar-refractivity contribution in [2.24, 2.45) is 4.99 Å². The number of hydrogen-bond donors (Lipinski definition) is 2. The van der Waals surface area contributed by atoms with Crippen molar-refractivity contribution in [2.75, 3.05) is 33.4 Å². The van der Waals surface area contributed by atoms with Crippen LogP contribution in [0.5, 0.6) is 5.75 Å². The molecule has 0 radical (unpaired) electrons. The molecule has 6 heteroatoms. The Labute approximate surface area is 185 Å². The first-order chi connectivity index (χ1) is 15.0. The van der Waals surface area contributed by atoms with Crippen LogP contribution in [0.4, 0.5) is 0 Å². The SMILES string of the molecule is CN=C(NCc1cccc(CN2CCOCC2)c1)NC1CC(C)(C)Oc2ccccc21. The fourth-order valence-corrected chi connectivity index (χ4v) is 4.33. The van der Waals surface area contributed by atoms with E-state index in [-0.39, 0.29) is 11.6 Å². The highest BCUT2D eigenvalue weighted by molar-refractivity contribution is 5.80. The van der Waals surface area contributed by atoms with Gasteiger partial charge in [0.25, 0.3) is 0 Å². The number of benzene rings is 2. The summed E-state index contributed by atoms with van der Waals surface area (Å²) in [5.41, 5.74) is 3.54. The normalized spacial score (nSPS) is 21.1. The number of fused-ring (bicyclic) bond motifs is 1. The van der Waals surface area contributed by atoms with Gasteiger partial charge in [-0.05, 0) is 31.0 Å². The van der Waals surface area contributed by atoms with E-state index < -0.39 is 0 Å². The molecule has 2 aromatic carbocycles. The molecule has 0 aromatic heterocycles. The number of aliphatic imine (C=N–C) groups is 1. The third-order valence-electron chi connectivity index (χ3n) is 5.87. The van der Waals surface area contributed by atoms with E-state index in [4.69, 9.17) is 9.47 Å². The van der Waals surface area contributed by atoms with Gasteiger partial charge >= 0.3 is 0 Å². The lowest BCUT2D eigenvalue weighted by Crippen LogP contribution is -2.45. The summed E-state index contributed by atoms with van der Waals surface area (Å²) < 4.78 is 11.6. The molecule has 1 saturated heterocycles. The van der Waals surface area contributed by atoms with E-state index >= 15 is 0 Å². The molecule has 1 atom stereocenters. The lowest BCUT2D eigenvalue weighted by Gasteiger charge is -2.38. The zero-order chi connectivity index (χ0) is 21.7. The van der Waals surface area contributed by atoms with Crippen LogP contribution in [0.1, 0.15) is 43.0 Å². The molecule has 0 amide bonds. The second-order valence-electron chi connectivity index (χ2n) is 8.93. The van der Waals surface area contributed by atoms with E-state index in [0.29, 0.717) is 0 Å². The fourth-order valence-electron chi connectivity index (χ4n) is 4.33. The Morgan fingerprint density at radius 2 is 1.87 bits per heavy atom. The topological polar surface area (TPSA) is 58.1 Å². The Morgan fingerprint density at radius 3 is 2.68 bits per heavy atom. The van der Waals surface area contributed by atoms with Crippen LogP contribution >= 0.6 is 0 Å². The minimum atomic E-state index is -0.224. The second kappa shape index (κ2) is 9.71. The zero-order valence-electron chi connectivity index (χ0n) is 18.9. The number of rotatable bonds is 5. The van der Waals surface area contributed by atoms with E-state index in [1.54, 1.807) is 0 Å². The molecule has 2 aromatic rings. The van der Waals surface area contributed by atoms with Crippen LogP contribution < -0.4 is 15.4 Å². The maximum Gasteiger partial charge on any atom is 0.191 e. The standard InChI is InChI=1S/C25H34N4O2/c1-25(2)16-22(21-9-4-5-10-23(21)31-25)28-24(26-3)27-17-19-7-6-8-20(15-19)18-29-11-13-30-14-12-29/h4-10,15,22H,11-14,16-18H2,1-3H3,(H2,26,27,28). The van der Waals surface area contributed by atoms with Gasteiger partial charge in [-0.2, -0.15) is 0 Å². The van der Waals surface area contributed by atoms with E-state index in [1.807, 2.05) is 19.2 Å². The van der Waals surface area contributed by atoms with Crippen molar-refractivity contribution in [2.45, 2.75) is 45.0 Å². The highest BCUT2D eigenvalue weighted by atomic mass is 16.5. The van der Waals surface area contributed by atoms with Crippen LogP contribution in [-0.4, -0.2) is 49.8 Å². The number of nitrogens with zero attached hydrogens (tertiary/aromatic N) is 2. The van der Waals surface area contributed by atoms with Crippen molar-refractivity contribution < 1.29 is 9.47 Å². The Balaban J connectivity index is 1.37. The van der Waals surface area contributed by atoms with E-state index in [1.165, 1.54) is 16.7 Å². The number of morpholine rings is 1. The van der Waals surface area contributed by atoms with Crippen molar-refractivity contribution in [1.29, 1.82) is 0 Å². The van der Waals surface area contributed by atoms with Crippen LogP contribution in [0.2, 0.25) is 0 Å². The van der Waals surface area contributed by atoms with Crippen LogP contribution in [0.25, 0.3) is 0 Å². The largest absolute Gasteiger partial charge is 0.487 e. The highest BCUT2D eigenvalue weighted by Gasteiger charge is 2.33. The summed E-state index contributed by atoms with van der Waals surface area (Å²) in [6.07, 6.45) is 0.875. The smallest absolute Gasteiger partial charge is 0.191 e. The zero-order valence-corrected chi connectivity index (χ0v) is 18.9. The molecule has 166 valence electrons. The Bertz CT molecular complexity index is 906. The molecule has 2 aliphatic rings. The summed E-state index contributed by atoms with van der Waals surface area (Å²) in [6, 6.07) is 17.2. The second-order valence-corrected chi connectivity index (χ2v) is 8.93. The van der Waals surface area contributed by atoms with Crippen LogP contribution in [0.15, 0.2) is 53.5 Å². The first-order valence-electron chi connectivity index (χ1n) is 11.2. The third-order valence-corrected chi connectivity index (χ3v) is 5.87. The summed E-state index contributed by atoms with van der Waals surface area (Å²) in [5.74, 6) is 1.75. The molecule has 6 nitrogen and oxygen atoms in total. The van der Waals surface area contributed by atoms with Gasteiger partial charge in [0, 0.05) is 45.2 Å². The fraction of sp³-hybridized carbons (Fsp3) is 0.480. The molecule has 0 saturated carbocycles. The molecular formula is C25H34N4O2. The first-order valence-corrected chi connectivity index (χ1v) is 11.2. The molecule has 4 rings (SSSR count). The highest BCUT2D eigenvalue weighted by Crippen LogP contribution is 2.39. The number of guanidine groups is 1. The Hall–Kier alpha value is -2.57. The summed E-state index contributed by atoms with van der Waals surface area (Å²) in [4.78, 5) is 6.91. The van der Waals surface area contributed by atoms with Crippen molar-refractivity contribution >= 4 is 5.96 Å². The molecular weight excluding hydrogens is 388 g/mol. The summed E-state index contributed by atoms with van der Waals surface area (Å²) in [5, 5.41) is 7.09. The van der Waals surface area contributed by atoms with Gasteiger partial charge in [-0.1, -0.05) is 42.5 Å². The maximum atomic E-state index is 6.16. The predicted molar refractivity (Wildman–Crippen MR) is 124 cm³/mol. The average Bonchev–Trinajstić information content (AvgIpc) is 2.77. The van der Waals surface area contributed by atoms with Crippen molar-refractivity contribution in [3.63, 3.8) is 0 Å². The van der Waals surface area contributed by atoms with Crippen LogP contribution in [-0.2, 0) is 17.8 Å². The first kappa shape index (κ1) is 21.7. The summed E-state index contributed by atoms with van der Waals surface area (Å²) >= 11 is 0. The molecule has 2 aliphatic heterocycles. The molecule has 0 aliphatic carbocycles. The molecule has 2 N–H and O–H groups in total. The molecule has 2 heterocycles. The van der Waals surface area contributed by atoms with Gasteiger partial charge in [-0.25, -0.2) is 0 Å². The summed E-state index contributed by atoms with van der Waals surface area (Å²) in [6.45, 7) is 9.62. The Kier molecular flexibility index (Phi) is 6.78. The molecule has 1 fully saturated rings. The number of hydrogen-bond acceptors (Lipinski definition) is 4. The molecule has 0 spiro atoms. The average molecular weight is 423 g/mol. The van der Waals surface area contributed by atoms with E-state index in [2.05, 4.69) is 70.8 Å². The van der Waals surface area contributed by atoms with Gasteiger partial charge in [-0.15, -0.1) is 0 Å². The lowest BCUT2D eigenvalue weighted by atomic mass is 9.90. The van der Waals surface area contributed by atoms with Gasteiger partial charge in [0.05, 0.1) is 19.3 Å². The molecule has 31 heavy (non-hydrogen) atoms. The van der Waals surface area contributed by atoms with E-state index in [9.17, 15) is 0 Å². The third kappa shape index (κ3) is 5.77. The van der Waals surface area contributed by atoms with E-state index in [0.717, 1.165) is 57.5 Å². The van der Waals surface area contributed by atoms with Crippen molar-refractivity contribution in [3.05, 3.63) is 65.2 Å². The lowest BCUT2D eigenvalue weighted by molar-refractivity contribution is 0.0342. The van der Waals surface area contributed by atoms with Gasteiger partial charge < -0.3 is 20.1 Å². The van der Waals surface area contributed by atoms with Crippen LogP contribution in [0, 0.1) is 0 Å². The molecule has 0 bridgehead atoms. The summed E-state index contributed by atoms with van der Waals surface area (Å²) in [7, 11) is 1.82. The van der Waals surface area contributed by atoms with Gasteiger partial charge in [0.15, 0.2) is 5.96 Å². The minimum absolute atomic E-state index is 0.152. The van der Waals surface area contributed by atoms with Gasteiger partial charge in [0.1, 0.15) is 11.4 Å². The molecule has 1 unspecified atom stereocenters. The monoisotopic (exact) mass is 422 g/mol. The van der Waals surface area contributed by atoms with Gasteiger partial charge in [-0.3, -0.25) is 9.89 Å². The van der Waals surface area contributed by atoms with Crippen LogP contribution in [0.3, 0.4) is 0 Å². The number of nitrogens with one attached hydrogen (secondary N) is 2. The Morgan fingerprint density at radius 1 is 1.10 bits per heavy atom. The minimum Gasteiger partial charge on any atom is -0.487 e. The quantitative estimate of drug-likeness (QED) is 0.571. The predicted octanol–water partition coefficient (Wildman–Crippen LogP) is 3.49. The van der Waals surface area contributed by atoms with Crippen molar-refractivity contribution in [3.8, 4) is 5.75 Å². The van der Waals surface area contributed by atoms with Crippen molar-refractivity contribution in [1.82, 2.24) is 15.5 Å². The number of ether oxygens (including phenoxy) is 2. The van der Waals surface area contributed by atoms with Gasteiger partial charge in [0.2, 0.25) is 0 Å². The number of para-hydroxylation sites is 1. The maximum absolute atomic E-state index is 6.16.